The lowest BCUT2D eigenvalue weighted by atomic mass is 10.1. The normalized spacial score (nSPS) is 10.6. The molecule has 2 aromatic carbocycles. The Hall–Kier alpha value is -3.85. The quantitative estimate of drug-likeness (QED) is 0.0741. The van der Waals surface area contributed by atoms with Gasteiger partial charge in [-0.3, -0.25) is 10.1 Å². The molecule has 256 valence electrons. The molecule has 11 nitrogen and oxygen atoms in total. The maximum absolute atomic E-state index is 11.8. The summed E-state index contributed by atoms with van der Waals surface area (Å²) in [7, 11) is 0. The molecule has 0 radical (unpaired) electrons. The van der Waals surface area contributed by atoms with Crippen molar-refractivity contribution in [3.05, 3.63) is 94.2 Å². The SMILES string of the molecule is CC(=O)OC(Cl)(Cl)Cl.Cc1cnc(N)s1.Cc1cnc(NC(=O)NCCc2c[nH]c3ccccc23)s1.NCCc1c[nH]c2ccccc12. The predicted molar refractivity (Wildman–Crippen MR) is 200 cm³/mol. The molecule has 0 fully saturated rings. The minimum atomic E-state index is -1.91. The Bertz CT molecular complexity index is 1860. The van der Waals surface area contributed by atoms with E-state index >= 15 is 0 Å². The fourth-order valence-electron chi connectivity index (χ4n) is 4.23. The lowest BCUT2D eigenvalue weighted by Crippen LogP contribution is -2.30. The number of aromatic nitrogens is 4. The Labute approximate surface area is 301 Å². The molecule has 6 rings (SSSR count). The number of nitrogens with two attached hydrogens (primary N) is 2. The number of hydrogen-bond donors (Lipinski definition) is 6. The van der Waals surface area contributed by atoms with Crippen molar-refractivity contribution in [2.75, 3.05) is 24.1 Å². The van der Waals surface area contributed by atoms with Gasteiger partial charge in [0.05, 0.1) is 0 Å². The van der Waals surface area contributed by atoms with Crippen LogP contribution in [0.4, 0.5) is 15.1 Å². The molecule has 4 heterocycles. The Morgan fingerprint density at radius 3 is 1.83 bits per heavy atom. The maximum atomic E-state index is 11.8. The van der Waals surface area contributed by atoms with E-state index in [9.17, 15) is 9.59 Å². The molecule has 6 aromatic rings. The van der Waals surface area contributed by atoms with E-state index in [0.29, 0.717) is 23.4 Å². The van der Waals surface area contributed by atoms with E-state index in [-0.39, 0.29) is 6.03 Å². The molecule has 0 aliphatic heterocycles. The predicted octanol–water partition coefficient (Wildman–Crippen LogP) is 7.88. The number of thiazole rings is 2. The van der Waals surface area contributed by atoms with Crippen LogP contribution in [0.1, 0.15) is 27.8 Å². The van der Waals surface area contributed by atoms with Crippen molar-refractivity contribution in [3.63, 3.8) is 0 Å². The summed E-state index contributed by atoms with van der Waals surface area (Å²) in [5, 5.41) is 9.35. The minimum absolute atomic E-state index is 0.218. The van der Waals surface area contributed by atoms with Crippen molar-refractivity contribution in [1.29, 1.82) is 0 Å². The average molecular weight is 752 g/mol. The molecule has 0 spiro atoms. The van der Waals surface area contributed by atoms with Crippen molar-refractivity contribution in [1.82, 2.24) is 25.3 Å². The highest BCUT2D eigenvalue weighted by Gasteiger charge is 2.22. The number of carbonyl (C=O) groups is 2. The molecule has 0 bridgehead atoms. The lowest BCUT2D eigenvalue weighted by Gasteiger charge is -2.08. The molecule has 0 atom stereocenters. The first-order valence-corrected chi connectivity index (χ1v) is 17.3. The van der Waals surface area contributed by atoms with E-state index < -0.39 is 9.95 Å². The largest absolute Gasteiger partial charge is 0.415 e. The number of ether oxygens (including phenoxy) is 1. The van der Waals surface area contributed by atoms with E-state index in [4.69, 9.17) is 46.3 Å². The smallest absolute Gasteiger partial charge is 0.340 e. The van der Waals surface area contributed by atoms with Gasteiger partial charge in [0.15, 0.2) is 10.3 Å². The number of alkyl halides is 3. The van der Waals surface area contributed by atoms with Crippen molar-refractivity contribution in [3.8, 4) is 0 Å². The molecule has 0 aliphatic carbocycles. The number of nitrogen functional groups attached to an aromatic ring is 1. The van der Waals surface area contributed by atoms with E-state index in [2.05, 4.69) is 59.6 Å². The number of nitrogens with one attached hydrogen (secondary N) is 4. The third kappa shape index (κ3) is 13.7. The topological polar surface area (TPSA) is 177 Å². The lowest BCUT2D eigenvalue weighted by molar-refractivity contribution is -0.141. The van der Waals surface area contributed by atoms with Crippen LogP contribution in [0.15, 0.2) is 73.3 Å². The Morgan fingerprint density at radius 2 is 1.42 bits per heavy atom. The van der Waals surface area contributed by atoms with Gasteiger partial charge in [0.25, 0.3) is 0 Å². The molecule has 0 aliphatic rings. The number of H-pyrrole nitrogens is 2. The van der Waals surface area contributed by atoms with Gasteiger partial charge >= 0.3 is 16.0 Å². The molecule has 2 amide bonds. The summed E-state index contributed by atoms with van der Waals surface area (Å²) in [4.78, 5) is 38.3. The molecule has 0 saturated carbocycles. The van der Waals surface area contributed by atoms with Crippen LogP contribution in [0.25, 0.3) is 21.8 Å². The maximum Gasteiger partial charge on any atom is 0.340 e. The summed E-state index contributed by atoms with van der Waals surface area (Å²) in [5.74, 6) is -0.620. The molecule has 16 heteroatoms. The van der Waals surface area contributed by atoms with Crippen LogP contribution in [-0.2, 0) is 22.4 Å². The van der Waals surface area contributed by atoms with Crippen molar-refractivity contribution < 1.29 is 14.3 Å². The number of urea groups is 1. The van der Waals surface area contributed by atoms with Gasteiger partial charge < -0.3 is 31.5 Å². The third-order valence-electron chi connectivity index (χ3n) is 6.18. The molecular weight excluding hydrogens is 715 g/mol. The number of nitrogens with zero attached hydrogens (tertiary/aromatic N) is 2. The van der Waals surface area contributed by atoms with E-state index in [1.165, 1.54) is 50.1 Å². The Kier molecular flexibility index (Phi) is 15.5. The zero-order valence-corrected chi connectivity index (χ0v) is 30.4. The van der Waals surface area contributed by atoms with Crippen LogP contribution in [0.2, 0.25) is 0 Å². The van der Waals surface area contributed by atoms with Crippen LogP contribution in [0.3, 0.4) is 0 Å². The van der Waals surface area contributed by atoms with Crippen LogP contribution in [-0.4, -0.2) is 49.0 Å². The van der Waals surface area contributed by atoms with E-state index in [0.717, 1.165) is 35.0 Å². The first-order valence-electron chi connectivity index (χ1n) is 14.6. The van der Waals surface area contributed by atoms with Gasteiger partial charge in [0, 0.05) is 69.8 Å². The van der Waals surface area contributed by atoms with Crippen molar-refractivity contribution in [2.24, 2.45) is 5.73 Å². The number of benzene rings is 2. The summed E-state index contributed by atoms with van der Waals surface area (Å²) in [5.41, 5.74) is 15.6. The first kappa shape index (κ1) is 38.6. The highest BCUT2D eigenvalue weighted by atomic mass is 35.6. The second-order valence-corrected chi connectivity index (χ2v) is 14.7. The number of fused-ring (bicyclic) bond motifs is 2. The van der Waals surface area contributed by atoms with Gasteiger partial charge in [-0.05, 0) is 91.3 Å². The van der Waals surface area contributed by atoms with Crippen LogP contribution < -0.4 is 22.1 Å². The van der Waals surface area contributed by atoms with Crippen molar-refractivity contribution >= 4 is 102 Å². The Morgan fingerprint density at radius 1 is 0.875 bits per heavy atom. The number of hydrogen-bond acceptors (Lipinski definition) is 9. The fourth-order valence-corrected chi connectivity index (χ4v) is 5.76. The van der Waals surface area contributed by atoms with E-state index in [1.807, 2.05) is 50.5 Å². The summed E-state index contributed by atoms with van der Waals surface area (Å²) >= 11 is 18.0. The van der Waals surface area contributed by atoms with Gasteiger partial charge in [-0.1, -0.05) is 36.4 Å². The number of aromatic amines is 2. The summed E-state index contributed by atoms with van der Waals surface area (Å²) < 4.78 is 2.18. The molecule has 48 heavy (non-hydrogen) atoms. The summed E-state index contributed by atoms with van der Waals surface area (Å²) in [6.07, 6.45) is 9.27. The highest BCUT2D eigenvalue weighted by Crippen LogP contribution is 2.27. The monoisotopic (exact) mass is 750 g/mol. The molecule has 4 aromatic heterocycles. The minimum Gasteiger partial charge on any atom is -0.415 e. The van der Waals surface area contributed by atoms with Crippen LogP contribution in [0, 0.1) is 13.8 Å². The standard InChI is InChI=1S/C15H16N4OS.C10H12N2.C4H6N2S.C3H3Cl3O2/c1-10-8-18-15(21-10)19-14(20)16-7-6-11-9-17-13-5-3-2-4-12(11)13;11-6-5-8-7-12-10-4-2-1-3-9(8)10;1-3-2-6-4(5)7-3;1-2(7)8-3(4,5)6/h2-5,8-9,17H,6-7H2,1H3,(H2,16,18,19,20);1-4,7,12H,5-6,11H2;2H,1H3,(H2,5,6);1H3. The number of carbonyl (C=O) groups excluding carboxylic acids is 2. The van der Waals surface area contributed by atoms with Crippen LogP contribution >= 0.6 is 57.5 Å². The highest BCUT2D eigenvalue weighted by molar-refractivity contribution is 7.15. The van der Waals surface area contributed by atoms with Gasteiger partial charge in [-0.25, -0.2) is 14.8 Å². The Balaban J connectivity index is 0.000000195. The zero-order valence-electron chi connectivity index (χ0n) is 26.5. The van der Waals surface area contributed by atoms with Gasteiger partial charge in [0.1, 0.15) is 0 Å². The van der Waals surface area contributed by atoms with Gasteiger partial charge in [0.2, 0.25) is 0 Å². The third-order valence-corrected chi connectivity index (χ3v) is 7.99. The average Bonchev–Trinajstić information content (AvgIpc) is 3.82. The number of esters is 1. The summed E-state index contributed by atoms with van der Waals surface area (Å²) in [6.45, 7) is 6.38. The van der Waals surface area contributed by atoms with E-state index in [1.54, 1.807) is 12.4 Å². The van der Waals surface area contributed by atoms with Crippen molar-refractivity contribution in [2.45, 2.75) is 37.6 Å². The van der Waals surface area contributed by atoms with Gasteiger partial charge in [-0.15, -0.1) is 22.7 Å². The number of aryl methyl sites for hydroxylation is 2. The van der Waals surface area contributed by atoms with Gasteiger partial charge in [-0.2, -0.15) is 0 Å². The zero-order chi connectivity index (χ0) is 35.1. The number of amides is 2. The molecule has 0 saturated heterocycles. The molecule has 0 unspecified atom stereocenters. The number of para-hydroxylation sites is 2. The number of anilines is 2. The summed E-state index contributed by atoms with van der Waals surface area (Å²) in [6, 6.07) is 16.2. The second kappa shape index (κ2) is 19.2. The molecular formula is C32H37Cl3N8O3S2. The second-order valence-electron chi connectivity index (χ2n) is 10.0. The van der Waals surface area contributed by atoms with Crippen LogP contribution in [0.5, 0.6) is 0 Å². The fraction of sp³-hybridized carbons (Fsp3) is 0.250. The number of halogens is 3. The first-order chi connectivity index (χ1) is 22.8. The number of rotatable bonds is 6. The molecule has 8 N–H and O–H groups in total.